The number of nitrogens with one attached hydrogen (secondary N) is 2. The molecule has 2 amide bonds. The number of amides is 2. The Balaban J connectivity index is 1.91. The molecule has 7 heteroatoms. The first-order valence-electron chi connectivity index (χ1n) is 7.66. The van der Waals surface area contributed by atoms with Gasteiger partial charge in [0.1, 0.15) is 17.2 Å². The van der Waals surface area contributed by atoms with Gasteiger partial charge in [-0.3, -0.25) is 0 Å². The number of rotatable bonds is 7. The first-order valence-corrected chi connectivity index (χ1v) is 8.04. The number of halogens is 1. The van der Waals surface area contributed by atoms with Gasteiger partial charge in [0.15, 0.2) is 0 Å². The van der Waals surface area contributed by atoms with Crippen molar-refractivity contribution in [3.05, 3.63) is 47.0 Å². The van der Waals surface area contributed by atoms with Crippen LogP contribution in [0.1, 0.15) is 5.56 Å². The number of methoxy groups -OCH3 is 3. The van der Waals surface area contributed by atoms with Crippen molar-refractivity contribution in [3.63, 3.8) is 0 Å². The van der Waals surface area contributed by atoms with Crippen LogP contribution in [0.5, 0.6) is 17.2 Å². The van der Waals surface area contributed by atoms with Crippen molar-refractivity contribution in [3.8, 4) is 17.2 Å². The number of ether oxygens (including phenoxy) is 3. The summed E-state index contributed by atoms with van der Waals surface area (Å²) in [5, 5.41) is 5.94. The molecule has 2 N–H and O–H groups in total. The zero-order valence-electron chi connectivity index (χ0n) is 14.4. The molecule has 0 atom stereocenters. The van der Waals surface area contributed by atoms with E-state index >= 15 is 0 Å². The molecule has 0 fully saturated rings. The highest BCUT2D eigenvalue weighted by Gasteiger charge is 2.12. The van der Waals surface area contributed by atoms with Gasteiger partial charge in [0.2, 0.25) is 0 Å². The zero-order chi connectivity index (χ0) is 18.2. The molecule has 2 aromatic carbocycles. The van der Waals surface area contributed by atoms with Crippen LogP contribution >= 0.6 is 11.6 Å². The Labute approximate surface area is 152 Å². The highest BCUT2D eigenvalue weighted by atomic mass is 35.5. The number of hydrogen-bond donors (Lipinski definition) is 2. The Morgan fingerprint density at radius 1 is 1.00 bits per heavy atom. The maximum absolute atomic E-state index is 12.1. The zero-order valence-corrected chi connectivity index (χ0v) is 15.1. The summed E-state index contributed by atoms with van der Waals surface area (Å²) in [5.74, 6) is 1.71. The van der Waals surface area contributed by atoms with Crippen LogP contribution in [0.3, 0.4) is 0 Å². The Morgan fingerprint density at radius 2 is 1.68 bits per heavy atom. The van der Waals surface area contributed by atoms with E-state index in [-0.39, 0.29) is 6.03 Å². The molecule has 0 spiro atoms. The highest BCUT2D eigenvalue weighted by molar-refractivity contribution is 6.32. The minimum atomic E-state index is -0.337. The van der Waals surface area contributed by atoms with Gasteiger partial charge in [0.25, 0.3) is 0 Å². The summed E-state index contributed by atoms with van der Waals surface area (Å²) in [4.78, 5) is 12.1. The van der Waals surface area contributed by atoms with Crippen molar-refractivity contribution in [2.45, 2.75) is 6.42 Å². The van der Waals surface area contributed by atoms with Gasteiger partial charge >= 0.3 is 6.03 Å². The van der Waals surface area contributed by atoms with Gasteiger partial charge in [0.05, 0.1) is 32.0 Å². The molecule has 6 nitrogen and oxygen atoms in total. The lowest BCUT2D eigenvalue weighted by molar-refractivity contribution is 0.252. The Hall–Kier alpha value is -2.60. The summed E-state index contributed by atoms with van der Waals surface area (Å²) in [6, 6.07) is 10.6. The van der Waals surface area contributed by atoms with Crippen LogP contribution in [0.15, 0.2) is 36.4 Å². The molecule has 0 aromatic heterocycles. The fraction of sp³-hybridized carbons (Fsp3) is 0.278. The minimum absolute atomic E-state index is 0.337. The molecule has 134 valence electrons. The van der Waals surface area contributed by atoms with Gasteiger partial charge in [-0.2, -0.15) is 0 Å². The van der Waals surface area contributed by atoms with Crippen LogP contribution in [-0.4, -0.2) is 33.9 Å². The Bertz CT molecular complexity index is 720. The van der Waals surface area contributed by atoms with E-state index < -0.39 is 0 Å². The minimum Gasteiger partial charge on any atom is -0.497 e. The van der Waals surface area contributed by atoms with E-state index in [1.807, 2.05) is 24.3 Å². The van der Waals surface area contributed by atoms with Gasteiger partial charge in [-0.15, -0.1) is 0 Å². The third-order valence-corrected chi connectivity index (χ3v) is 3.88. The van der Waals surface area contributed by atoms with Crippen molar-refractivity contribution in [1.29, 1.82) is 0 Å². The molecule has 25 heavy (non-hydrogen) atoms. The predicted molar refractivity (Wildman–Crippen MR) is 98.3 cm³/mol. The fourth-order valence-electron chi connectivity index (χ4n) is 2.24. The Morgan fingerprint density at radius 3 is 2.28 bits per heavy atom. The molecule has 0 bridgehead atoms. The van der Waals surface area contributed by atoms with Crippen molar-refractivity contribution >= 4 is 23.3 Å². The fourth-order valence-corrected chi connectivity index (χ4v) is 2.47. The van der Waals surface area contributed by atoms with Gasteiger partial charge in [-0.25, -0.2) is 4.79 Å². The molecule has 0 saturated heterocycles. The maximum Gasteiger partial charge on any atom is 0.319 e. The third-order valence-electron chi connectivity index (χ3n) is 3.58. The number of benzene rings is 2. The quantitative estimate of drug-likeness (QED) is 0.785. The number of hydrogen-bond acceptors (Lipinski definition) is 4. The average Bonchev–Trinajstić information content (AvgIpc) is 2.63. The SMILES string of the molecule is COc1ccc(CCNC(=O)Nc2cc(OC)c(Cl)cc2OC)cc1. The molecule has 2 aromatic rings. The molecular formula is C18H21ClN2O4. The standard InChI is InChI=1S/C18H21ClN2O4/c1-23-13-6-4-12(5-7-13)8-9-20-18(22)21-15-11-16(24-2)14(19)10-17(15)25-3/h4-7,10-11H,8-9H2,1-3H3,(H2,20,21,22). The van der Waals surface area contributed by atoms with Crippen molar-refractivity contribution in [1.82, 2.24) is 5.32 Å². The van der Waals surface area contributed by atoms with E-state index in [4.69, 9.17) is 25.8 Å². The molecule has 0 aliphatic heterocycles. The van der Waals surface area contributed by atoms with E-state index in [2.05, 4.69) is 10.6 Å². The topological polar surface area (TPSA) is 68.8 Å². The van der Waals surface area contributed by atoms with Crippen LogP contribution in [0.2, 0.25) is 5.02 Å². The second-order valence-corrected chi connectivity index (χ2v) is 5.57. The summed E-state index contributed by atoms with van der Waals surface area (Å²) < 4.78 is 15.5. The van der Waals surface area contributed by atoms with E-state index in [1.54, 1.807) is 19.2 Å². The predicted octanol–water partition coefficient (Wildman–Crippen LogP) is 3.73. The molecule has 0 aliphatic rings. The summed E-state index contributed by atoms with van der Waals surface area (Å²) in [6.07, 6.45) is 0.707. The second-order valence-electron chi connectivity index (χ2n) is 5.17. The van der Waals surface area contributed by atoms with Crippen molar-refractivity contribution in [2.24, 2.45) is 0 Å². The lowest BCUT2D eigenvalue weighted by Gasteiger charge is -2.13. The number of carbonyl (C=O) groups excluding carboxylic acids is 1. The van der Waals surface area contributed by atoms with E-state index in [0.717, 1.165) is 11.3 Å². The summed E-state index contributed by atoms with van der Waals surface area (Å²) in [6.45, 7) is 0.491. The Kier molecular flexibility index (Phi) is 6.77. The molecular weight excluding hydrogens is 344 g/mol. The third kappa shape index (κ3) is 5.19. The second kappa shape index (κ2) is 9.03. The molecule has 0 unspecified atom stereocenters. The monoisotopic (exact) mass is 364 g/mol. The van der Waals surface area contributed by atoms with Gasteiger partial charge in [-0.05, 0) is 24.1 Å². The lowest BCUT2D eigenvalue weighted by Crippen LogP contribution is -2.30. The molecule has 0 heterocycles. The number of urea groups is 1. The van der Waals surface area contributed by atoms with Gasteiger partial charge < -0.3 is 24.8 Å². The first-order chi connectivity index (χ1) is 12.1. The van der Waals surface area contributed by atoms with Crippen LogP contribution in [0, 0.1) is 0 Å². The van der Waals surface area contributed by atoms with Gasteiger partial charge in [0, 0.05) is 18.7 Å². The van der Waals surface area contributed by atoms with Crippen LogP contribution < -0.4 is 24.8 Å². The largest absolute Gasteiger partial charge is 0.497 e. The summed E-state index contributed by atoms with van der Waals surface area (Å²) >= 11 is 6.05. The summed E-state index contributed by atoms with van der Waals surface area (Å²) in [5.41, 5.74) is 1.58. The van der Waals surface area contributed by atoms with Crippen LogP contribution in [0.25, 0.3) is 0 Å². The number of carbonyl (C=O) groups is 1. The average molecular weight is 365 g/mol. The van der Waals surface area contributed by atoms with E-state index in [0.29, 0.717) is 35.2 Å². The van der Waals surface area contributed by atoms with Crippen LogP contribution in [0.4, 0.5) is 10.5 Å². The van der Waals surface area contributed by atoms with Crippen molar-refractivity contribution < 1.29 is 19.0 Å². The smallest absolute Gasteiger partial charge is 0.319 e. The van der Waals surface area contributed by atoms with Crippen LogP contribution in [-0.2, 0) is 6.42 Å². The lowest BCUT2D eigenvalue weighted by atomic mass is 10.1. The molecule has 0 radical (unpaired) electrons. The normalized spacial score (nSPS) is 10.1. The van der Waals surface area contributed by atoms with Crippen molar-refractivity contribution in [2.75, 3.05) is 33.2 Å². The van der Waals surface area contributed by atoms with E-state index in [9.17, 15) is 4.79 Å². The number of anilines is 1. The molecule has 2 rings (SSSR count). The maximum atomic E-state index is 12.1. The van der Waals surface area contributed by atoms with E-state index in [1.165, 1.54) is 14.2 Å². The summed E-state index contributed by atoms with van der Waals surface area (Å²) in [7, 11) is 4.64. The molecule has 0 saturated carbocycles. The van der Waals surface area contributed by atoms with Gasteiger partial charge in [-0.1, -0.05) is 23.7 Å². The first kappa shape index (κ1) is 18.7. The molecule has 0 aliphatic carbocycles. The highest BCUT2D eigenvalue weighted by Crippen LogP contribution is 2.35.